The molecule has 2 rings (SSSR count). The second kappa shape index (κ2) is 5.33. The molecular weight excluding hydrogens is 288 g/mol. The van der Waals surface area contributed by atoms with Gasteiger partial charge in [-0.05, 0) is 17.7 Å². The van der Waals surface area contributed by atoms with Crippen LogP contribution in [0.15, 0.2) is 34.0 Å². The Morgan fingerprint density at radius 3 is 2.65 bits per heavy atom. The fraction of sp³-hybridized carbons (Fsp3) is 0.0833. The van der Waals surface area contributed by atoms with Crippen LogP contribution in [0.25, 0.3) is 0 Å². The summed E-state index contributed by atoms with van der Waals surface area (Å²) in [5.74, 6) is -1.66. The number of nitrogens with zero attached hydrogens (tertiary/aromatic N) is 1. The normalized spacial score (nSPS) is 10.5. The van der Waals surface area contributed by atoms with Crippen molar-refractivity contribution in [3.63, 3.8) is 0 Å². The molecule has 0 amide bonds. The monoisotopic (exact) mass is 297 g/mol. The number of halogens is 2. The third kappa shape index (κ3) is 2.80. The highest BCUT2D eigenvalue weighted by molar-refractivity contribution is 7.80. The van der Waals surface area contributed by atoms with Crippen molar-refractivity contribution in [1.29, 1.82) is 0 Å². The Morgan fingerprint density at radius 1 is 1.30 bits per heavy atom. The van der Waals surface area contributed by atoms with Crippen LogP contribution in [0.2, 0.25) is 0 Å². The van der Waals surface area contributed by atoms with Gasteiger partial charge in [0.15, 0.2) is 0 Å². The van der Waals surface area contributed by atoms with Crippen LogP contribution in [0.4, 0.5) is 8.78 Å². The van der Waals surface area contributed by atoms with Crippen molar-refractivity contribution in [2.45, 2.75) is 6.54 Å². The summed E-state index contributed by atoms with van der Waals surface area (Å²) < 4.78 is 27.5. The molecule has 0 unspecified atom stereocenters. The second-order valence-corrected chi connectivity index (χ2v) is 4.48. The maximum Gasteiger partial charge on any atom is 0.328 e. The second-order valence-electron chi connectivity index (χ2n) is 4.04. The predicted molar refractivity (Wildman–Crippen MR) is 72.7 cm³/mol. The Kier molecular flexibility index (Phi) is 3.75. The first-order valence-corrected chi connectivity index (χ1v) is 5.87. The number of hydrogen-bond donors (Lipinski definition) is 2. The number of thiocarbonyl (C=S) groups is 1. The maximum absolute atomic E-state index is 13.4. The molecule has 0 fully saturated rings. The molecule has 0 bridgehead atoms. The first-order chi connectivity index (χ1) is 9.38. The van der Waals surface area contributed by atoms with Crippen LogP contribution in [0.1, 0.15) is 11.1 Å². The molecule has 0 saturated carbocycles. The van der Waals surface area contributed by atoms with Gasteiger partial charge < -0.3 is 5.73 Å². The summed E-state index contributed by atoms with van der Waals surface area (Å²) in [6.45, 7) is -0.0531. The molecule has 104 valence electrons. The number of aromatic nitrogens is 2. The lowest BCUT2D eigenvalue weighted by molar-refractivity contribution is 0.565. The number of nitrogens with one attached hydrogen (secondary N) is 1. The molecule has 0 atom stereocenters. The number of rotatable bonds is 3. The number of aromatic amines is 1. The number of hydrogen-bond acceptors (Lipinski definition) is 3. The largest absolute Gasteiger partial charge is 0.389 e. The summed E-state index contributed by atoms with van der Waals surface area (Å²) in [4.78, 5) is 24.1. The van der Waals surface area contributed by atoms with E-state index in [9.17, 15) is 18.4 Å². The summed E-state index contributed by atoms with van der Waals surface area (Å²) in [5, 5.41) is 0. The molecule has 1 aromatic carbocycles. The van der Waals surface area contributed by atoms with Gasteiger partial charge in [-0.15, -0.1) is 0 Å². The van der Waals surface area contributed by atoms with Crippen molar-refractivity contribution in [1.82, 2.24) is 9.55 Å². The van der Waals surface area contributed by atoms with Crippen LogP contribution >= 0.6 is 12.2 Å². The topological polar surface area (TPSA) is 80.9 Å². The van der Waals surface area contributed by atoms with Gasteiger partial charge in [0.1, 0.15) is 10.8 Å². The summed E-state index contributed by atoms with van der Waals surface area (Å²) >= 11 is 4.70. The van der Waals surface area contributed by atoms with Crippen molar-refractivity contribution in [2.75, 3.05) is 0 Å². The van der Waals surface area contributed by atoms with E-state index in [1.165, 1.54) is 12.1 Å². The van der Waals surface area contributed by atoms with Crippen LogP contribution < -0.4 is 17.0 Å². The number of benzene rings is 1. The molecule has 3 N–H and O–H groups in total. The van der Waals surface area contributed by atoms with E-state index in [-0.39, 0.29) is 17.1 Å². The first-order valence-electron chi connectivity index (χ1n) is 5.46. The fourth-order valence-electron chi connectivity index (χ4n) is 1.66. The minimum Gasteiger partial charge on any atom is -0.389 e. The molecule has 1 aromatic heterocycles. The lowest BCUT2D eigenvalue weighted by Gasteiger charge is -2.07. The van der Waals surface area contributed by atoms with E-state index in [1.54, 1.807) is 0 Å². The molecule has 2 aromatic rings. The van der Waals surface area contributed by atoms with E-state index in [2.05, 4.69) is 0 Å². The van der Waals surface area contributed by atoms with Crippen molar-refractivity contribution in [3.05, 3.63) is 68.0 Å². The van der Waals surface area contributed by atoms with Crippen molar-refractivity contribution < 1.29 is 8.78 Å². The van der Waals surface area contributed by atoms with Gasteiger partial charge in [-0.2, -0.15) is 4.39 Å². The van der Waals surface area contributed by atoms with Gasteiger partial charge >= 0.3 is 5.69 Å². The van der Waals surface area contributed by atoms with Gasteiger partial charge in [0.05, 0.1) is 12.7 Å². The molecule has 0 aliphatic carbocycles. The minimum absolute atomic E-state index is 0.0374. The Morgan fingerprint density at radius 2 is 2.00 bits per heavy atom. The van der Waals surface area contributed by atoms with E-state index in [1.807, 2.05) is 4.98 Å². The maximum atomic E-state index is 13.4. The fourth-order valence-corrected chi connectivity index (χ4v) is 1.81. The van der Waals surface area contributed by atoms with Gasteiger partial charge in [0, 0.05) is 5.56 Å². The lowest BCUT2D eigenvalue weighted by Crippen LogP contribution is -2.31. The number of H-pyrrole nitrogens is 1. The van der Waals surface area contributed by atoms with E-state index >= 15 is 0 Å². The predicted octanol–water partition coefficient (Wildman–Crippen LogP) is 0.497. The highest BCUT2D eigenvalue weighted by Crippen LogP contribution is 2.11. The Bertz CT molecular complexity index is 798. The van der Waals surface area contributed by atoms with Gasteiger partial charge in [-0.25, -0.2) is 9.18 Å². The molecule has 8 heteroatoms. The molecule has 0 aliphatic heterocycles. The van der Waals surface area contributed by atoms with E-state index < -0.39 is 22.9 Å². The quantitative estimate of drug-likeness (QED) is 0.808. The molecule has 0 spiro atoms. The van der Waals surface area contributed by atoms with Crippen LogP contribution in [0.3, 0.4) is 0 Å². The smallest absolute Gasteiger partial charge is 0.328 e. The average molecular weight is 297 g/mol. The average Bonchev–Trinajstić information content (AvgIpc) is 2.37. The standard InChI is InChI=1S/C12H9F2N3O2S/c13-8-2-1-6(3-7(8)10(15)20)4-17-5-9(14)11(18)16-12(17)19/h1-3,5H,4H2,(H2,15,20)(H,16,18,19). The van der Waals surface area contributed by atoms with Crippen LogP contribution in [0.5, 0.6) is 0 Å². The van der Waals surface area contributed by atoms with Crippen molar-refractivity contribution in [3.8, 4) is 0 Å². The molecule has 20 heavy (non-hydrogen) atoms. The zero-order valence-corrected chi connectivity index (χ0v) is 10.8. The van der Waals surface area contributed by atoms with Crippen LogP contribution in [0, 0.1) is 11.6 Å². The third-order valence-corrected chi connectivity index (χ3v) is 2.84. The third-order valence-electron chi connectivity index (χ3n) is 2.62. The number of nitrogens with two attached hydrogens (primary N) is 1. The van der Waals surface area contributed by atoms with Gasteiger partial charge in [0.25, 0.3) is 5.56 Å². The Balaban J connectivity index is 2.43. The summed E-state index contributed by atoms with van der Waals surface area (Å²) in [7, 11) is 0. The zero-order valence-electron chi connectivity index (χ0n) is 10.0. The van der Waals surface area contributed by atoms with Gasteiger partial charge in [-0.3, -0.25) is 14.3 Å². The molecule has 0 saturated heterocycles. The molecule has 1 heterocycles. The minimum atomic E-state index is -1.09. The first kappa shape index (κ1) is 14.1. The van der Waals surface area contributed by atoms with E-state index in [0.29, 0.717) is 5.56 Å². The SMILES string of the molecule is NC(=S)c1cc(Cn2cc(F)c(=O)[nH]c2=O)ccc1F. The molecular formula is C12H9F2N3O2S. The van der Waals surface area contributed by atoms with E-state index in [0.717, 1.165) is 16.8 Å². The van der Waals surface area contributed by atoms with Crippen LogP contribution in [-0.4, -0.2) is 14.5 Å². The van der Waals surface area contributed by atoms with Gasteiger partial charge in [0.2, 0.25) is 5.82 Å². The highest BCUT2D eigenvalue weighted by Gasteiger charge is 2.08. The Labute approximate surface area is 116 Å². The zero-order chi connectivity index (χ0) is 14.9. The van der Waals surface area contributed by atoms with Gasteiger partial charge in [-0.1, -0.05) is 18.3 Å². The lowest BCUT2D eigenvalue weighted by atomic mass is 10.1. The van der Waals surface area contributed by atoms with Crippen LogP contribution in [-0.2, 0) is 6.54 Å². The van der Waals surface area contributed by atoms with Crippen molar-refractivity contribution >= 4 is 17.2 Å². The van der Waals surface area contributed by atoms with E-state index in [4.69, 9.17) is 18.0 Å². The summed E-state index contributed by atoms with van der Waals surface area (Å²) in [5.41, 5.74) is 4.04. The summed E-state index contributed by atoms with van der Waals surface area (Å²) in [6, 6.07) is 3.93. The van der Waals surface area contributed by atoms with Crippen molar-refractivity contribution in [2.24, 2.45) is 5.73 Å². The molecule has 0 aliphatic rings. The molecule has 5 nitrogen and oxygen atoms in total. The Hall–Kier alpha value is -2.35. The highest BCUT2D eigenvalue weighted by atomic mass is 32.1. The summed E-state index contributed by atoms with van der Waals surface area (Å²) in [6.07, 6.45) is 0.783. The molecule has 0 radical (unpaired) electrons.